The summed E-state index contributed by atoms with van der Waals surface area (Å²) in [5.74, 6) is 1.10. The van der Waals surface area contributed by atoms with Gasteiger partial charge >= 0.3 is 0 Å². The average Bonchev–Trinajstić information content (AvgIpc) is 3.08. The molecule has 0 amide bonds. The van der Waals surface area contributed by atoms with Crippen LogP contribution in [0.1, 0.15) is 23.3 Å². The Labute approximate surface area is 171 Å². The second kappa shape index (κ2) is 10.1. The number of anilines is 1. The zero-order valence-electron chi connectivity index (χ0n) is 14.6. The summed E-state index contributed by atoms with van der Waals surface area (Å²) in [6.45, 7) is 6.24. The number of halogens is 1. The lowest BCUT2D eigenvalue weighted by molar-refractivity contribution is 0.172. The van der Waals surface area contributed by atoms with Gasteiger partial charge in [-0.3, -0.25) is 9.89 Å². The van der Waals surface area contributed by atoms with Crippen molar-refractivity contribution in [1.29, 1.82) is 0 Å². The fourth-order valence-electron chi connectivity index (χ4n) is 3.12. The van der Waals surface area contributed by atoms with Crippen LogP contribution in [-0.4, -0.2) is 30.5 Å². The zero-order chi connectivity index (χ0) is 16.8. The van der Waals surface area contributed by atoms with Crippen molar-refractivity contribution in [2.45, 2.75) is 26.3 Å². The number of piperidine rings is 1. The number of nitrogens with one attached hydrogen (secondary N) is 1. The van der Waals surface area contributed by atoms with E-state index in [4.69, 9.17) is 5.73 Å². The van der Waals surface area contributed by atoms with Gasteiger partial charge in [0.15, 0.2) is 5.96 Å². The molecule has 3 rings (SSSR count). The molecule has 0 bridgehead atoms. The van der Waals surface area contributed by atoms with Gasteiger partial charge in [-0.05, 0) is 55.8 Å². The molecule has 6 heteroatoms. The van der Waals surface area contributed by atoms with E-state index >= 15 is 0 Å². The van der Waals surface area contributed by atoms with Crippen molar-refractivity contribution in [2.75, 3.05) is 25.0 Å². The summed E-state index contributed by atoms with van der Waals surface area (Å²) in [5, 5.41) is 5.32. The monoisotopic (exact) mass is 470 g/mol. The van der Waals surface area contributed by atoms with Crippen LogP contribution in [0.4, 0.5) is 5.69 Å². The minimum Gasteiger partial charge on any atom is -0.370 e. The molecular weight excluding hydrogens is 443 g/mol. The Balaban J connectivity index is 0.00000225. The Morgan fingerprint density at radius 2 is 2.12 bits per heavy atom. The maximum absolute atomic E-state index is 6.03. The van der Waals surface area contributed by atoms with Gasteiger partial charge in [-0.2, -0.15) is 0 Å². The van der Waals surface area contributed by atoms with Gasteiger partial charge in [-0.25, -0.2) is 0 Å². The number of nitrogens with two attached hydrogens (primary N) is 1. The quantitative estimate of drug-likeness (QED) is 0.389. The predicted molar refractivity (Wildman–Crippen MR) is 119 cm³/mol. The van der Waals surface area contributed by atoms with E-state index in [1.165, 1.54) is 29.8 Å². The van der Waals surface area contributed by atoms with Crippen LogP contribution in [0.5, 0.6) is 0 Å². The Morgan fingerprint density at radius 3 is 2.84 bits per heavy atom. The third kappa shape index (κ3) is 6.60. The zero-order valence-corrected chi connectivity index (χ0v) is 17.8. The number of guanidine groups is 1. The van der Waals surface area contributed by atoms with E-state index in [1.807, 2.05) is 23.5 Å². The molecule has 1 unspecified atom stereocenters. The predicted octanol–water partition coefficient (Wildman–Crippen LogP) is 4.31. The van der Waals surface area contributed by atoms with Crippen molar-refractivity contribution in [1.82, 2.24) is 4.90 Å². The molecule has 0 spiro atoms. The molecule has 1 aromatic carbocycles. The first-order chi connectivity index (χ1) is 11.7. The van der Waals surface area contributed by atoms with Gasteiger partial charge in [0, 0.05) is 30.2 Å². The van der Waals surface area contributed by atoms with E-state index < -0.39 is 0 Å². The van der Waals surface area contributed by atoms with Crippen LogP contribution in [-0.2, 0) is 6.54 Å². The third-order valence-corrected chi connectivity index (χ3v) is 5.27. The molecule has 1 saturated heterocycles. The Hall–Kier alpha value is -1.12. The molecule has 0 aliphatic carbocycles. The molecule has 0 radical (unpaired) electrons. The molecule has 1 aliphatic heterocycles. The summed E-state index contributed by atoms with van der Waals surface area (Å²) in [7, 11) is 0. The summed E-state index contributed by atoms with van der Waals surface area (Å²) in [4.78, 5) is 8.54. The second-order valence-electron chi connectivity index (χ2n) is 6.54. The van der Waals surface area contributed by atoms with Gasteiger partial charge in [0.25, 0.3) is 0 Å². The smallest absolute Gasteiger partial charge is 0.193 e. The summed E-state index contributed by atoms with van der Waals surface area (Å²) in [6.07, 6.45) is 2.49. The number of hydrogen-bond acceptors (Lipinski definition) is 3. The highest BCUT2D eigenvalue weighted by Crippen LogP contribution is 2.20. The van der Waals surface area contributed by atoms with Crippen molar-refractivity contribution < 1.29 is 0 Å². The number of thiophene rings is 1. The van der Waals surface area contributed by atoms with E-state index in [0.717, 1.165) is 25.3 Å². The lowest BCUT2D eigenvalue weighted by Crippen LogP contribution is -2.36. The number of benzene rings is 1. The second-order valence-corrected chi connectivity index (χ2v) is 7.57. The fraction of sp³-hybridized carbons (Fsp3) is 0.421. The summed E-state index contributed by atoms with van der Waals surface area (Å²) in [6, 6.07) is 12.5. The number of rotatable bonds is 5. The first-order valence-electron chi connectivity index (χ1n) is 8.57. The van der Waals surface area contributed by atoms with Crippen LogP contribution in [0.2, 0.25) is 0 Å². The number of hydrogen-bond donors (Lipinski definition) is 2. The van der Waals surface area contributed by atoms with Crippen LogP contribution in [0.15, 0.2) is 46.8 Å². The van der Waals surface area contributed by atoms with Crippen LogP contribution >= 0.6 is 35.3 Å². The standard InChI is InChI=1S/C19H26N4S.HI/c1-15-6-8-17(9-7-15)22-19(20)21-12-16-4-2-10-23(13-16)14-18-5-3-11-24-18;/h3,5-9,11,16H,2,4,10,12-14H2,1H3,(H3,20,21,22);1H. The Bertz CT molecular complexity index is 655. The molecule has 1 aromatic heterocycles. The molecule has 1 atom stereocenters. The van der Waals surface area contributed by atoms with Crippen molar-refractivity contribution in [3.63, 3.8) is 0 Å². The first kappa shape index (κ1) is 20.2. The van der Waals surface area contributed by atoms with Gasteiger partial charge < -0.3 is 11.1 Å². The molecular formula is C19H27IN4S. The van der Waals surface area contributed by atoms with E-state index in [-0.39, 0.29) is 24.0 Å². The number of aryl methyl sites for hydroxylation is 1. The van der Waals surface area contributed by atoms with Gasteiger partial charge in [0.2, 0.25) is 0 Å². The highest BCUT2D eigenvalue weighted by molar-refractivity contribution is 14.0. The van der Waals surface area contributed by atoms with Crippen LogP contribution in [0.25, 0.3) is 0 Å². The molecule has 136 valence electrons. The maximum Gasteiger partial charge on any atom is 0.193 e. The molecule has 25 heavy (non-hydrogen) atoms. The topological polar surface area (TPSA) is 53.6 Å². The van der Waals surface area contributed by atoms with E-state index in [9.17, 15) is 0 Å². The minimum atomic E-state index is 0. The fourth-order valence-corrected chi connectivity index (χ4v) is 3.86. The highest BCUT2D eigenvalue weighted by Gasteiger charge is 2.20. The van der Waals surface area contributed by atoms with Gasteiger partial charge in [-0.15, -0.1) is 35.3 Å². The molecule has 3 N–H and O–H groups in total. The molecule has 2 aromatic rings. The Morgan fingerprint density at radius 1 is 1.32 bits per heavy atom. The SMILES string of the molecule is Cc1ccc(NC(N)=NCC2CCCN(Cc3cccs3)C2)cc1.I. The van der Waals surface area contributed by atoms with Crippen LogP contribution in [0.3, 0.4) is 0 Å². The molecule has 4 nitrogen and oxygen atoms in total. The number of likely N-dealkylation sites (tertiary alicyclic amines) is 1. The third-order valence-electron chi connectivity index (χ3n) is 4.41. The van der Waals surface area contributed by atoms with E-state index in [1.54, 1.807) is 0 Å². The van der Waals surface area contributed by atoms with E-state index in [2.05, 4.69) is 51.8 Å². The lowest BCUT2D eigenvalue weighted by Gasteiger charge is -2.31. The minimum absolute atomic E-state index is 0. The van der Waals surface area contributed by atoms with Crippen molar-refractivity contribution in [2.24, 2.45) is 16.6 Å². The molecule has 1 aliphatic rings. The lowest BCUT2D eigenvalue weighted by atomic mass is 9.98. The van der Waals surface area contributed by atoms with Crippen LogP contribution in [0, 0.1) is 12.8 Å². The summed E-state index contributed by atoms with van der Waals surface area (Å²) < 4.78 is 0. The number of nitrogens with zero attached hydrogens (tertiary/aromatic N) is 2. The van der Waals surface area contributed by atoms with Crippen molar-refractivity contribution >= 4 is 47.0 Å². The van der Waals surface area contributed by atoms with Gasteiger partial charge in [0.05, 0.1) is 0 Å². The first-order valence-corrected chi connectivity index (χ1v) is 9.45. The Kier molecular flexibility index (Phi) is 8.18. The summed E-state index contributed by atoms with van der Waals surface area (Å²) >= 11 is 1.84. The van der Waals surface area contributed by atoms with Crippen LogP contribution < -0.4 is 11.1 Å². The van der Waals surface area contributed by atoms with Gasteiger partial charge in [0.1, 0.15) is 0 Å². The maximum atomic E-state index is 6.03. The molecule has 0 saturated carbocycles. The number of aliphatic imine (C=N–C) groups is 1. The van der Waals surface area contributed by atoms with E-state index in [0.29, 0.717) is 11.9 Å². The molecule has 2 heterocycles. The van der Waals surface area contributed by atoms with Crippen molar-refractivity contribution in [3.05, 3.63) is 52.2 Å². The highest BCUT2D eigenvalue weighted by atomic mass is 127. The van der Waals surface area contributed by atoms with Gasteiger partial charge in [-0.1, -0.05) is 23.8 Å². The molecule has 1 fully saturated rings. The largest absolute Gasteiger partial charge is 0.370 e. The summed E-state index contributed by atoms with van der Waals surface area (Å²) in [5.41, 5.74) is 8.26. The normalized spacial score (nSPS) is 18.6. The van der Waals surface area contributed by atoms with Crippen molar-refractivity contribution in [3.8, 4) is 0 Å². The average molecular weight is 470 g/mol.